The first-order chi connectivity index (χ1) is 17.5. The van der Waals surface area contributed by atoms with Crippen LogP contribution in [-0.2, 0) is 23.6 Å². The largest absolute Gasteiger partial charge is 0.308 e. The molecule has 0 unspecified atom stereocenters. The molecule has 1 saturated heterocycles. The van der Waals surface area contributed by atoms with E-state index in [1.807, 2.05) is 20.2 Å². The van der Waals surface area contributed by atoms with Gasteiger partial charge in [0.15, 0.2) is 0 Å². The zero-order valence-corrected chi connectivity index (χ0v) is 22.6. The number of fused-ring (bicyclic) bond motifs is 4. The van der Waals surface area contributed by atoms with E-state index in [2.05, 4.69) is 38.6 Å². The van der Waals surface area contributed by atoms with Gasteiger partial charge in [0.05, 0.1) is 41.0 Å². The molecular weight excluding hydrogens is 492 g/mol. The molecule has 2 fully saturated rings. The maximum Gasteiger partial charge on any atom is 0.263 e. The molecule has 1 N–H and O–H groups in total. The Labute approximate surface area is 217 Å². The van der Waals surface area contributed by atoms with Gasteiger partial charge in [0, 0.05) is 50.5 Å². The van der Waals surface area contributed by atoms with Crippen molar-refractivity contribution in [2.24, 2.45) is 12.0 Å². The Kier molecular flexibility index (Phi) is 5.54. The van der Waals surface area contributed by atoms with E-state index in [9.17, 15) is 13.2 Å². The van der Waals surface area contributed by atoms with Gasteiger partial charge in [0.2, 0.25) is 16.0 Å². The number of benzene rings is 1. The lowest BCUT2D eigenvalue weighted by molar-refractivity contribution is 0.0720. The fourth-order valence-electron chi connectivity index (χ4n) is 5.50. The number of amides is 1. The molecule has 1 aromatic carbocycles. The first kappa shape index (κ1) is 24.5. The van der Waals surface area contributed by atoms with Crippen LogP contribution in [0.3, 0.4) is 0 Å². The van der Waals surface area contributed by atoms with E-state index in [-0.39, 0.29) is 16.3 Å². The number of guanidine groups is 1. The van der Waals surface area contributed by atoms with Gasteiger partial charge in [0.25, 0.3) is 5.91 Å². The normalized spacial score (nSPS) is 21.8. The van der Waals surface area contributed by atoms with Crippen molar-refractivity contribution in [1.82, 2.24) is 29.2 Å². The van der Waals surface area contributed by atoms with Gasteiger partial charge in [-0.2, -0.15) is 5.10 Å². The second-order valence-electron chi connectivity index (χ2n) is 11.4. The van der Waals surface area contributed by atoms with E-state index in [4.69, 9.17) is 4.99 Å². The molecule has 1 aromatic heterocycles. The molecule has 37 heavy (non-hydrogen) atoms. The van der Waals surface area contributed by atoms with E-state index in [0.29, 0.717) is 24.6 Å². The van der Waals surface area contributed by atoms with Gasteiger partial charge in [-0.05, 0) is 52.1 Å². The van der Waals surface area contributed by atoms with Crippen LogP contribution in [0, 0.1) is 0 Å². The second-order valence-corrected chi connectivity index (χ2v) is 13.1. The maximum absolute atomic E-state index is 13.9. The Balaban J connectivity index is 1.36. The minimum atomic E-state index is -3.75. The minimum absolute atomic E-state index is 0.115. The fourth-order valence-corrected chi connectivity index (χ4v) is 7.00. The summed E-state index contributed by atoms with van der Waals surface area (Å²) in [5, 5.41) is 4.25. The number of nitrogens with zero attached hydrogens (tertiary/aromatic N) is 7. The molecule has 1 amide bonds. The van der Waals surface area contributed by atoms with E-state index >= 15 is 0 Å². The van der Waals surface area contributed by atoms with Crippen molar-refractivity contribution in [3.05, 3.63) is 41.7 Å². The molecule has 4 heterocycles. The predicted octanol–water partition coefficient (Wildman–Crippen LogP) is 0.699. The Hall–Kier alpha value is -2.80. The highest BCUT2D eigenvalue weighted by molar-refractivity contribution is 7.89. The third kappa shape index (κ3) is 4.25. The Morgan fingerprint density at radius 1 is 1.19 bits per heavy atom. The average molecular weight is 527 g/mol. The quantitative estimate of drug-likeness (QED) is 0.540. The summed E-state index contributed by atoms with van der Waals surface area (Å²) in [5.74, 6) is 0.386. The Morgan fingerprint density at radius 3 is 2.59 bits per heavy atom. The lowest BCUT2D eigenvalue weighted by Gasteiger charge is -2.55. The molecule has 0 radical (unpaired) electrons. The van der Waals surface area contributed by atoms with Crippen LogP contribution in [0.2, 0.25) is 0 Å². The fraction of sp³-hybridized carbons (Fsp3) is 0.560. The van der Waals surface area contributed by atoms with Gasteiger partial charge < -0.3 is 9.80 Å². The van der Waals surface area contributed by atoms with Crippen molar-refractivity contribution in [3.63, 3.8) is 0 Å². The number of aliphatic imine (C=N–C) groups is 1. The Morgan fingerprint density at radius 2 is 1.95 bits per heavy atom. The van der Waals surface area contributed by atoms with Crippen molar-refractivity contribution >= 4 is 27.6 Å². The smallest absolute Gasteiger partial charge is 0.263 e. The van der Waals surface area contributed by atoms with Gasteiger partial charge in [-0.15, -0.1) is 0 Å². The maximum atomic E-state index is 13.9. The number of carbonyl (C=O) groups excluding carboxylic acids is 1. The molecule has 6 rings (SSSR count). The van der Waals surface area contributed by atoms with Crippen molar-refractivity contribution in [2.75, 3.05) is 51.7 Å². The molecule has 12 heteroatoms. The number of hydrogen-bond donors (Lipinski definition) is 1. The number of likely N-dealkylation sites (tertiary alicyclic amines) is 1. The highest BCUT2D eigenvalue weighted by Crippen LogP contribution is 2.43. The summed E-state index contributed by atoms with van der Waals surface area (Å²) >= 11 is 0. The minimum Gasteiger partial charge on any atom is -0.308 e. The number of aromatic nitrogens is 2. The zero-order chi connectivity index (χ0) is 26.2. The summed E-state index contributed by atoms with van der Waals surface area (Å²) in [6.07, 6.45) is 5.25. The number of nitrogens with one attached hydrogen (secondary N) is 1. The summed E-state index contributed by atoms with van der Waals surface area (Å²) in [6.45, 7) is 6.42. The van der Waals surface area contributed by atoms with Crippen LogP contribution in [0.15, 0.2) is 40.5 Å². The van der Waals surface area contributed by atoms with Crippen molar-refractivity contribution < 1.29 is 13.2 Å². The third-order valence-corrected chi connectivity index (χ3v) is 9.44. The molecule has 2 aromatic rings. The topological polar surface area (TPSA) is 106 Å². The second kappa shape index (κ2) is 8.35. The number of sulfonamides is 1. The summed E-state index contributed by atoms with van der Waals surface area (Å²) in [7, 11) is 2.23. The first-order valence-corrected chi connectivity index (χ1v) is 14.2. The van der Waals surface area contributed by atoms with Gasteiger partial charge in [-0.1, -0.05) is 0 Å². The molecule has 198 valence electrons. The van der Waals surface area contributed by atoms with E-state index < -0.39 is 15.6 Å². The average Bonchev–Trinajstić information content (AvgIpc) is 3.20. The molecule has 3 aliphatic heterocycles. The number of hydrogen-bond acceptors (Lipinski definition) is 8. The SMILES string of the molecule is CN(C)CCN1CC2(CN=C3N(Cc4cnn(C)c4)C(=O)c4cc(S(=O)(=O)NC5(C)CC5)ccc4N32)C1. The monoisotopic (exact) mass is 526 g/mol. The standard InChI is InChI=1S/C25H34N8O3S/c1-24(7-8-24)28-37(35,36)19-5-6-21-20(11-19)22(34)32(14-18-12-27-30(4)13-18)23-26-15-25(33(21)23)16-31(17-25)10-9-29(2)3/h5-6,11-13,28H,7-10,14-17H2,1-4H3. The highest BCUT2D eigenvalue weighted by Gasteiger charge is 2.56. The number of likely N-dealkylation sites (N-methyl/N-ethyl adjacent to an activating group) is 1. The molecule has 0 atom stereocenters. The van der Waals surface area contributed by atoms with Crippen LogP contribution < -0.4 is 9.62 Å². The van der Waals surface area contributed by atoms with Gasteiger partial charge in [-0.3, -0.25) is 19.3 Å². The number of carbonyl (C=O) groups is 1. The van der Waals surface area contributed by atoms with Crippen molar-refractivity contribution in [3.8, 4) is 0 Å². The van der Waals surface area contributed by atoms with Gasteiger partial charge in [0.1, 0.15) is 0 Å². The summed E-state index contributed by atoms with van der Waals surface area (Å²) < 4.78 is 30.8. The molecule has 4 aliphatic rings. The lowest BCUT2D eigenvalue weighted by Crippen LogP contribution is -2.73. The lowest BCUT2D eigenvalue weighted by atomic mass is 9.87. The summed E-state index contributed by atoms with van der Waals surface area (Å²) in [5.41, 5.74) is 1.36. The molecule has 1 saturated carbocycles. The van der Waals surface area contributed by atoms with Crippen LogP contribution in [0.25, 0.3) is 0 Å². The number of rotatable bonds is 8. The van der Waals surface area contributed by atoms with Crippen LogP contribution in [0.4, 0.5) is 5.69 Å². The summed E-state index contributed by atoms with van der Waals surface area (Å²) in [6, 6.07) is 4.93. The highest BCUT2D eigenvalue weighted by atomic mass is 32.2. The first-order valence-electron chi connectivity index (χ1n) is 12.7. The van der Waals surface area contributed by atoms with Crippen LogP contribution in [0.5, 0.6) is 0 Å². The summed E-state index contributed by atoms with van der Waals surface area (Å²) in [4.78, 5) is 27.3. The van der Waals surface area contributed by atoms with E-state index in [1.165, 1.54) is 6.07 Å². The molecular formula is C25H34N8O3S. The molecule has 1 aliphatic carbocycles. The molecule has 1 spiro atoms. The predicted molar refractivity (Wildman–Crippen MR) is 140 cm³/mol. The molecule has 0 bridgehead atoms. The van der Waals surface area contributed by atoms with E-state index in [0.717, 1.165) is 50.3 Å². The van der Waals surface area contributed by atoms with Gasteiger partial charge in [-0.25, -0.2) is 18.1 Å². The van der Waals surface area contributed by atoms with Crippen LogP contribution >= 0.6 is 0 Å². The Bertz CT molecular complexity index is 1390. The van der Waals surface area contributed by atoms with Crippen LogP contribution in [0.1, 0.15) is 35.7 Å². The third-order valence-electron chi connectivity index (χ3n) is 7.80. The molecule has 11 nitrogen and oxygen atoms in total. The number of aryl methyl sites for hydroxylation is 1. The van der Waals surface area contributed by atoms with Crippen molar-refractivity contribution in [1.29, 1.82) is 0 Å². The van der Waals surface area contributed by atoms with Crippen molar-refractivity contribution in [2.45, 2.75) is 42.3 Å². The zero-order valence-electron chi connectivity index (χ0n) is 21.8. The number of anilines is 1. The van der Waals surface area contributed by atoms with Gasteiger partial charge >= 0.3 is 0 Å². The van der Waals surface area contributed by atoms with Crippen LogP contribution in [-0.4, -0.2) is 103 Å². The van der Waals surface area contributed by atoms with E-state index in [1.54, 1.807) is 27.9 Å².